The zero-order valence-electron chi connectivity index (χ0n) is 13.7. The van der Waals surface area contributed by atoms with E-state index < -0.39 is 0 Å². The lowest BCUT2D eigenvalue weighted by Crippen LogP contribution is -2.48. The summed E-state index contributed by atoms with van der Waals surface area (Å²) in [4.78, 5) is 22.0. The molecular weight excluding hydrogens is 310 g/mol. The van der Waals surface area contributed by atoms with Gasteiger partial charge in [-0.25, -0.2) is 4.98 Å². The highest BCUT2D eigenvalue weighted by atomic mass is 32.1. The Balaban J connectivity index is 1.66. The van der Waals surface area contributed by atoms with E-state index in [1.54, 1.807) is 7.11 Å². The average molecular weight is 331 g/mol. The maximum absolute atomic E-state index is 12.6. The minimum Gasteiger partial charge on any atom is -0.497 e. The number of carbonyl (C=O) groups is 1. The first kappa shape index (κ1) is 15.8. The molecule has 2 aromatic rings. The van der Waals surface area contributed by atoms with Crippen LogP contribution < -0.4 is 9.64 Å². The van der Waals surface area contributed by atoms with Gasteiger partial charge in [0, 0.05) is 37.9 Å². The van der Waals surface area contributed by atoms with Crippen LogP contribution in [-0.2, 0) is 0 Å². The maximum atomic E-state index is 12.6. The molecule has 23 heavy (non-hydrogen) atoms. The molecular formula is C17H21N3O2S. The lowest BCUT2D eigenvalue weighted by molar-refractivity contribution is 0.0750. The van der Waals surface area contributed by atoms with Gasteiger partial charge >= 0.3 is 0 Å². The summed E-state index contributed by atoms with van der Waals surface area (Å²) in [6.07, 6.45) is 0. The van der Waals surface area contributed by atoms with Crippen molar-refractivity contribution in [3.8, 4) is 5.75 Å². The summed E-state index contributed by atoms with van der Waals surface area (Å²) < 4.78 is 5.28. The van der Waals surface area contributed by atoms with Crippen LogP contribution in [0.4, 0.5) is 5.69 Å². The van der Waals surface area contributed by atoms with Crippen molar-refractivity contribution in [1.82, 2.24) is 9.88 Å². The van der Waals surface area contributed by atoms with E-state index >= 15 is 0 Å². The van der Waals surface area contributed by atoms with Crippen molar-refractivity contribution < 1.29 is 9.53 Å². The van der Waals surface area contributed by atoms with Crippen LogP contribution in [0.15, 0.2) is 24.3 Å². The predicted molar refractivity (Wildman–Crippen MR) is 92.7 cm³/mol. The molecule has 6 heteroatoms. The molecule has 1 aromatic heterocycles. The third-order valence-electron chi connectivity index (χ3n) is 4.08. The molecule has 3 rings (SSSR count). The number of amides is 1. The third kappa shape index (κ3) is 3.32. The van der Waals surface area contributed by atoms with Gasteiger partial charge < -0.3 is 14.5 Å². The zero-order chi connectivity index (χ0) is 16.4. The maximum Gasteiger partial charge on any atom is 0.265 e. The van der Waals surface area contributed by atoms with Crippen molar-refractivity contribution in [3.63, 3.8) is 0 Å². The minimum atomic E-state index is 0.110. The number of carbonyl (C=O) groups excluding carboxylic acids is 1. The Kier molecular flexibility index (Phi) is 4.52. The first-order valence-corrected chi connectivity index (χ1v) is 8.52. The normalized spacial score (nSPS) is 14.9. The Morgan fingerprint density at radius 2 is 1.96 bits per heavy atom. The smallest absolute Gasteiger partial charge is 0.265 e. The Labute approximate surface area is 140 Å². The number of rotatable bonds is 3. The molecule has 1 aliphatic heterocycles. The van der Waals surface area contributed by atoms with Crippen molar-refractivity contribution in [1.29, 1.82) is 0 Å². The van der Waals surface area contributed by atoms with Crippen LogP contribution in [0.5, 0.6) is 5.75 Å². The van der Waals surface area contributed by atoms with Gasteiger partial charge in [-0.2, -0.15) is 0 Å². The SMILES string of the molecule is COc1cccc(N2CCN(C(=O)c3sc(C)nc3C)CC2)c1. The number of aromatic nitrogens is 1. The van der Waals surface area contributed by atoms with Crippen LogP contribution >= 0.6 is 11.3 Å². The molecule has 0 radical (unpaired) electrons. The van der Waals surface area contributed by atoms with Gasteiger partial charge in [0.05, 0.1) is 17.8 Å². The first-order chi connectivity index (χ1) is 11.1. The topological polar surface area (TPSA) is 45.7 Å². The lowest BCUT2D eigenvalue weighted by Gasteiger charge is -2.36. The van der Waals surface area contributed by atoms with Crippen molar-refractivity contribution in [3.05, 3.63) is 39.8 Å². The summed E-state index contributed by atoms with van der Waals surface area (Å²) in [5.41, 5.74) is 1.98. The molecule has 1 fully saturated rings. The van der Waals surface area contributed by atoms with Gasteiger partial charge in [0.15, 0.2) is 0 Å². The van der Waals surface area contributed by atoms with Gasteiger partial charge in [0.1, 0.15) is 10.6 Å². The molecule has 1 saturated heterocycles. The molecule has 2 heterocycles. The Morgan fingerprint density at radius 1 is 1.22 bits per heavy atom. The number of benzene rings is 1. The van der Waals surface area contributed by atoms with Crippen molar-refractivity contribution in [2.75, 3.05) is 38.2 Å². The second-order valence-electron chi connectivity index (χ2n) is 5.63. The summed E-state index contributed by atoms with van der Waals surface area (Å²) >= 11 is 1.49. The number of piperazine rings is 1. The number of anilines is 1. The average Bonchev–Trinajstić information content (AvgIpc) is 2.93. The standard InChI is InChI=1S/C17H21N3O2S/c1-12-16(23-13(2)18-12)17(21)20-9-7-19(8-10-20)14-5-4-6-15(11-14)22-3/h4-6,11H,7-10H2,1-3H3. The molecule has 122 valence electrons. The summed E-state index contributed by atoms with van der Waals surface area (Å²) in [6.45, 7) is 6.96. The molecule has 1 amide bonds. The molecule has 0 spiro atoms. The van der Waals surface area contributed by atoms with Crippen molar-refractivity contribution in [2.24, 2.45) is 0 Å². The second-order valence-corrected chi connectivity index (χ2v) is 6.83. The molecule has 5 nitrogen and oxygen atoms in total. The molecule has 0 saturated carbocycles. The third-order valence-corrected chi connectivity index (χ3v) is 5.14. The minimum absolute atomic E-state index is 0.110. The van der Waals surface area contributed by atoms with E-state index in [9.17, 15) is 4.79 Å². The van der Waals surface area contributed by atoms with Crippen LogP contribution in [0.3, 0.4) is 0 Å². The van der Waals surface area contributed by atoms with Gasteiger partial charge in [0.25, 0.3) is 5.91 Å². The second kappa shape index (κ2) is 6.58. The van der Waals surface area contributed by atoms with E-state index in [1.807, 2.05) is 36.9 Å². The fourth-order valence-electron chi connectivity index (χ4n) is 2.85. The molecule has 0 aliphatic carbocycles. The van der Waals surface area contributed by atoms with E-state index in [4.69, 9.17) is 4.74 Å². The highest BCUT2D eigenvalue weighted by Gasteiger charge is 2.25. The molecule has 0 atom stereocenters. The summed E-state index contributed by atoms with van der Waals surface area (Å²) in [7, 11) is 1.68. The summed E-state index contributed by atoms with van der Waals surface area (Å²) in [5.74, 6) is 0.968. The number of hydrogen-bond acceptors (Lipinski definition) is 5. The highest BCUT2D eigenvalue weighted by Crippen LogP contribution is 2.24. The Hall–Kier alpha value is -2.08. The number of aryl methyl sites for hydroxylation is 2. The van der Waals surface area contributed by atoms with Crippen molar-refractivity contribution in [2.45, 2.75) is 13.8 Å². The van der Waals surface area contributed by atoms with Gasteiger partial charge in [-0.05, 0) is 26.0 Å². The molecule has 0 unspecified atom stereocenters. The molecule has 1 aromatic carbocycles. The fourth-order valence-corrected chi connectivity index (χ4v) is 3.74. The number of methoxy groups -OCH3 is 1. The zero-order valence-corrected chi connectivity index (χ0v) is 14.5. The van der Waals surface area contributed by atoms with Gasteiger partial charge in [-0.1, -0.05) is 6.07 Å². The van der Waals surface area contributed by atoms with Crippen molar-refractivity contribution >= 4 is 22.9 Å². The fraction of sp³-hybridized carbons (Fsp3) is 0.412. The number of thiazole rings is 1. The predicted octanol–water partition coefficient (Wildman–Crippen LogP) is 2.73. The van der Waals surface area contributed by atoms with E-state index in [-0.39, 0.29) is 5.91 Å². The Bertz CT molecular complexity index is 706. The molecule has 1 aliphatic rings. The molecule has 0 N–H and O–H groups in total. The number of nitrogens with zero attached hydrogens (tertiary/aromatic N) is 3. The number of ether oxygens (including phenoxy) is 1. The van der Waals surface area contributed by atoms with Crippen LogP contribution in [0.1, 0.15) is 20.4 Å². The summed E-state index contributed by atoms with van der Waals surface area (Å²) in [6, 6.07) is 8.05. The lowest BCUT2D eigenvalue weighted by atomic mass is 10.2. The van der Waals surface area contributed by atoms with E-state index in [0.717, 1.165) is 53.2 Å². The van der Waals surface area contributed by atoms with Gasteiger partial charge in [0.2, 0.25) is 0 Å². The first-order valence-electron chi connectivity index (χ1n) is 7.71. The number of hydrogen-bond donors (Lipinski definition) is 0. The van der Waals surface area contributed by atoms with Crippen LogP contribution in [0.25, 0.3) is 0 Å². The largest absolute Gasteiger partial charge is 0.497 e. The Morgan fingerprint density at radius 3 is 2.57 bits per heavy atom. The molecule has 0 bridgehead atoms. The van der Waals surface area contributed by atoms with Crippen LogP contribution in [0, 0.1) is 13.8 Å². The van der Waals surface area contributed by atoms with E-state index in [2.05, 4.69) is 16.0 Å². The highest BCUT2D eigenvalue weighted by molar-refractivity contribution is 7.13. The van der Waals surface area contributed by atoms with E-state index in [1.165, 1.54) is 11.3 Å². The van der Waals surface area contributed by atoms with Gasteiger partial charge in [-0.15, -0.1) is 11.3 Å². The summed E-state index contributed by atoms with van der Waals surface area (Å²) in [5, 5.41) is 0.945. The van der Waals surface area contributed by atoms with E-state index in [0.29, 0.717) is 0 Å². The quantitative estimate of drug-likeness (QED) is 0.867. The van der Waals surface area contributed by atoms with Crippen LogP contribution in [0.2, 0.25) is 0 Å². The monoisotopic (exact) mass is 331 g/mol. The van der Waals surface area contributed by atoms with Gasteiger partial charge in [-0.3, -0.25) is 4.79 Å². The van der Waals surface area contributed by atoms with Crippen LogP contribution in [-0.4, -0.2) is 49.1 Å².